The highest BCUT2D eigenvalue weighted by Crippen LogP contribution is 2.13. The van der Waals surface area contributed by atoms with Crippen LogP contribution in [0, 0.1) is 6.92 Å². The lowest BCUT2D eigenvalue weighted by Crippen LogP contribution is -1.91. The van der Waals surface area contributed by atoms with E-state index in [9.17, 15) is 4.57 Å². The summed E-state index contributed by atoms with van der Waals surface area (Å²) in [7, 11) is -0.726. The van der Waals surface area contributed by atoms with Gasteiger partial charge in [-0.25, -0.2) is 4.98 Å². The van der Waals surface area contributed by atoms with E-state index in [1.54, 1.807) is 0 Å². The number of fused-ring (bicyclic) bond motifs is 1. The molecule has 0 aliphatic rings. The van der Waals surface area contributed by atoms with Gasteiger partial charge in [0.1, 0.15) is 12.3 Å². The first-order valence-corrected chi connectivity index (χ1v) is 5.05. The first kappa shape index (κ1) is 9.31. The Morgan fingerprint density at radius 2 is 2.50 bits per heavy atom. The standard InChI is InChI=1S/C9H10N2O2P/c1-7-5-11-4-2-3-8(6-13-14-12)9(11)10-7/h2-5,14H,6H2,1H3/q+1. The Labute approximate surface area is 82.8 Å². The van der Waals surface area contributed by atoms with E-state index in [2.05, 4.69) is 4.98 Å². The Morgan fingerprint density at radius 1 is 1.64 bits per heavy atom. The van der Waals surface area contributed by atoms with E-state index in [0.29, 0.717) is 6.61 Å². The zero-order valence-corrected chi connectivity index (χ0v) is 8.73. The first-order valence-electron chi connectivity index (χ1n) is 4.23. The van der Waals surface area contributed by atoms with Gasteiger partial charge in [-0.05, 0) is 17.6 Å². The molecule has 2 heterocycles. The third-order valence-electron chi connectivity index (χ3n) is 1.97. The summed E-state index contributed by atoms with van der Waals surface area (Å²) in [4.78, 5) is 4.35. The fourth-order valence-corrected chi connectivity index (χ4v) is 1.63. The van der Waals surface area contributed by atoms with Crippen molar-refractivity contribution >= 4 is 14.3 Å². The molecule has 0 saturated heterocycles. The number of aryl methyl sites for hydroxylation is 1. The molecule has 0 aliphatic heterocycles. The lowest BCUT2D eigenvalue weighted by Gasteiger charge is -1.97. The predicted octanol–water partition coefficient (Wildman–Crippen LogP) is 2.10. The van der Waals surface area contributed by atoms with Crippen LogP contribution in [0.2, 0.25) is 0 Å². The fourth-order valence-electron chi connectivity index (χ4n) is 1.41. The highest BCUT2D eigenvalue weighted by Gasteiger charge is 2.05. The normalized spacial score (nSPS) is 11.2. The molecule has 0 amide bonds. The minimum absolute atomic E-state index is 0.336. The largest absolute Gasteiger partial charge is 0.494 e. The van der Waals surface area contributed by atoms with E-state index in [1.807, 2.05) is 35.9 Å². The van der Waals surface area contributed by atoms with Crippen LogP contribution >= 0.6 is 8.69 Å². The molecule has 5 heteroatoms. The molecule has 4 nitrogen and oxygen atoms in total. The van der Waals surface area contributed by atoms with Crippen molar-refractivity contribution in [2.45, 2.75) is 13.5 Å². The molecule has 72 valence electrons. The molecule has 1 unspecified atom stereocenters. The van der Waals surface area contributed by atoms with Gasteiger partial charge >= 0.3 is 8.69 Å². The first-order chi connectivity index (χ1) is 6.81. The van der Waals surface area contributed by atoms with Gasteiger partial charge in [0.2, 0.25) is 0 Å². The summed E-state index contributed by atoms with van der Waals surface area (Å²) in [5, 5.41) is 0. The summed E-state index contributed by atoms with van der Waals surface area (Å²) in [6, 6.07) is 3.84. The lowest BCUT2D eigenvalue weighted by atomic mass is 10.3. The predicted molar refractivity (Wildman–Crippen MR) is 53.7 cm³/mol. The average molecular weight is 209 g/mol. The van der Waals surface area contributed by atoms with Crippen molar-refractivity contribution in [2.75, 3.05) is 0 Å². The maximum Gasteiger partial charge on any atom is 0.494 e. The summed E-state index contributed by atoms with van der Waals surface area (Å²) in [5.74, 6) is 0. The molecule has 14 heavy (non-hydrogen) atoms. The molecule has 2 aromatic rings. The summed E-state index contributed by atoms with van der Waals surface area (Å²) in [6.07, 6.45) is 3.87. The number of aromatic nitrogens is 2. The topological polar surface area (TPSA) is 43.6 Å². The molecular formula is C9H10N2O2P+. The fraction of sp³-hybridized carbons (Fsp3) is 0.222. The number of rotatable bonds is 3. The maximum absolute atomic E-state index is 10.2. The number of imidazole rings is 1. The van der Waals surface area contributed by atoms with Crippen LogP contribution in [0.15, 0.2) is 24.5 Å². The molecule has 0 N–H and O–H groups in total. The van der Waals surface area contributed by atoms with Crippen LogP contribution in [0.4, 0.5) is 0 Å². The van der Waals surface area contributed by atoms with Gasteiger partial charge in [-0.1, -0.05) is 6.07 Å². The van der Waals surface area contributed by atoms with Gasteiger partial charge in [0.05, 0.1) is 5.69 Å². The smallest absolute Gasteiger partial charge is 0.307 e. The third-order valence-corrected chi connectivity index (χ3v) is 2.23. The minimum atomic E-state index is -0.726. The van der Waals surface area contributed by atoms with Crippen LogP contribution in [0.5, 0.6) is 0 Å². The van der Waals surface area contributed by atoms with E-state index in [-0.39, 0.29) is 0 Å². The van der Waals surface area contributed by atoms with Gasteiger partial charge in [0, 0.05) is 18.0 Å². The Balaban J connectivity index is 2.47. The summed E-state index contributed by atoms with van der Waals surface area (Å²) >= 11 is 0. The molecule has 1 atom stereocenters. The molecule has 0 spiro atoms. The van der Waals surface area contributed by atoms with Crippen molar-refractivity contribution in [1.82, 2.24) is 9.38 Å². The van der Waals surface area contributed by atoms with Gasteiger partial charge in [-0.15, -0.1) is 4.52 Å². The quantitative estimate of drug-likeness (QED) is 0.727. The number of hydrogen-bond acceptors (Lipinski definition) is 3. The Morgan fingerprint density at radius 3 is 3.29 bits per heavy atom. The van der Waals surface area contributed by atoms with Gasteiger partial charge < -0.3 is 4.40 Å². The Bertz CT molecular complexity index is 467. The van der Waals surface area contributed by atoms with Crippen LogP contribution in [-0.4, -0.2) is 9.38 Å². The molecular weight excluding hydrogens is 199 g/mol. The molecule has 2 rings (SSSR count). The lowest BCUT2D eigenvalue weighted by molar-refractivity contribution is 0.333. The summed E-state index contributed by atoms with van der Waals surface area (Å²) < 4.78 is 17.0. The number of hydrogen-bond donors (Lipinski definition) is 0. The van der Waals surface area contributed by atoms with Crippen LogP contribution in [-0.2, 0) is 15.7 Å². The van der Waals surface area contributed by atoms with Crippen molar-refractivity contribution in [1.29, 1.82) is 0 Å². The highest BCUT2D eigenvalue weighted by molar-refractivity contribution is 7.17. The van der Waals surface area contributed by atoms with Crippen LogP contribution in [0.25, 0.3) is 5.65 Å². The van der Waals surface area contributed by atoms with Gasteiger partial charge in [0.25, 0.3) is 0 Å². The van der Waals surface area contributed by atoms with E-state index < -0.39 is 8.69 Å². The van der Waals surface area contributed by atoms with E-state index in [0.717, 1.165) is 16.9 Å². The van der Waals surface area contributed by atoms with E-state index in [1.165, 1.54) is 0 Å². The summed E-state index contributed by atoms with van der Waals surface area (Å²) in [6.45, 7) is 2.27. The SMILES string of the molecule is Cc1cn2cccc(CO[PH+]=O)c2n1. The van der Waals surface area contributed by atoms with Crippen molar-refractivity contribution in [3.8, 4) is 0 Å². The van der Waals surface area contributed by atoms with Gasteiger partial charge in [-0.2, -0.15) is 0 Å². The molecule has 0 aliphatic carbocycles. The summed E-state index contributed by atoms with van der Waals surface area (Å²) in [5.41, 5.74) is 2.77. The van der Waals surface area contributed by atoms with Gasteiger partial charge in [0.15, 0.2) is 0 Å². The third kappa shape index (κ3) is 1.67. The molecule has 0 saturated carbocycles. The van der Waals surface area contributed by atoms with Crippen molar-refractivity contribution in [3.63, 3.8) is 0 Å². The number of pyridine rings is 1. The molecule has 0 fully saturated rings. The second-order valence-electron chi connectivity index (χ2n) is 3.02. The van der Waals surface area contributed by atoms with Crippen LogP contribution in [0.1, 0.15) is 11.3 Å². The monoisotopic (exact) mass is 209 g/mol. The van der Waals surface area contributed by atoms with Crippen molar-refractivity contribution in [3.05, 3.63) is 35.8 Å². The van der Waals surface area contributed by atoms with Gasteiger partial charge in [-0.3, -0.25) is 0 Å². The Kier molecular flexibility index (Phi) is 2.57. The molecule has 2 aromatic heterocycles. The van der Waals surface area contributed by atoms with Crippen LogP contribution < -0.4 is 0 Å². The maximum atomic E-state index is 10.2. The zero-order valence-electron chi connectivity index (χ0n) is 7.73. The number of nitrogens with zero attached hydrogens (tertiary/aromatic N) is 2. The molecule has 0 aromatic carbocycles. The Hall–Kier alpha value is -1.25. The van der Waals surface area contributed by atoms with E-state index >= 15 is 0 Å². The average Bonchev–Trinajstić information content (AvgIpc) is 2.55. The second kappa shape index (κ2) is 3.86. The minimum Gasteiger partial charge on any atom is -0.307 e. The highest BCUT2D eigenvalue weighted by atomic mass is 31.1. The van der Waals surface area contributed by atoms with Crippen LogP contribution in [0.3, 0.4) is 0 Å². The second-order valence-corrected chi connectivity index (χ2v) is 3.47. The zero-order chi connectivity index (χ0) is 9.97. The van der Waals surface area contributed by atoms with Crippen molar-refractivity contribution in [2.24, 2.45) is 0 Å². The van der Waals surface area contributed by atoms with Crippen molar-refractivity contribution < 1.29 is 9.09 Å². The molecule has 0 radical (unpaired) electrons. The molecule has 0 bridgehead atoms. The van der Waals surface area contributed by atoms with E-state index in [4.69, 9.17) is 4.52 Å².